The van der Waals surface area contributed by atoms with Crippen molar-refractivity contribution in [2.45, 2.75) is 0 Å². The number of benzene rings is 2. The number of hydrogen-bond donors (Lipinski definition) is 2. The predicted molar refractivity (Wildman–Crippen MR) is 116 cm³/mol. The summed E-state index contributed by atoms with van der Waals surface area (Å²) < 4.78 is 2.13. The van der Waals surface area contributed by atoms with E-state index in [4.69, 9.17) is 0 Å². The maximum Gasteiger partial charge on any atom is 0.178 e. The maximum absolute atomic E-state index is 4.66. The van der Waals surface area contributed by atoms with E-state index in [1.807, 2.05) is 36.5 Å². The Morgan fingerprint density at radius 1 is 0.828 bits per heavy atom. The van der Waals surface area contributed by atoms with E-state index in [-0.39, 0.29) is 0 Å². The van der Waals surface area contributed by atoms with Crippen LogP contribution in [0.3, 0.4) is 0 Å². The van der Waals surface area contributed by atoms with Crippen LogP contribution in [0.2, 0.25) is 0 Å². The van der Waals surface area contributed by atoms with Crippen molar-refractivity contribution in [3.63, 3.8) is 0 Å². The lowest BCUT2D eigenvalue weighted by atomic mass is 10.1. The highest BCUT2D eigenvalue weighted by Gasteiger charge is 2.10. The number of pyridine rings is 2. The number of rotatable bonds is 3. The second-order valence-corrected chi connectivity index (χ2v) is 6.91. The molecule has 0 fully saturated rings. The monoisotopic (exact) mass is 376 g/mol. The molecule has 29 heavy (non-hydrogen) atoms. The Morgan fingerprint density at radius 3 is 2.79 bits per heavy atom. The first kappa shape index (κ1) is 15.8. The minimum atomic E-state index is 0.714. The second kappa shape index (κ2) is 6.17. The molecule has 6 rings (SSSR count). The lowest BCUT2D eigenvalue weighted by molar-refractivity contribution is 1.06. The third-order valence-corrected chi connectivity index (χ3v) is 5.15. The Balaban J connectivity index is 1.45. The smallest absolute Gasteiger partial charge is 0.178 e. The number of para-hydroxylation sites is 1. The summed E-state index contributed by atoms with van der Waals surface area (Å²) in [6.45, 7) is 0. The van der Waals surface area contributed by atoms with Crippen molar-refractivity contribution >= 4 is 44.2 Å². The van der Waals surface area contributed by atoms with Gasteiger partial charge in [-0.05, 0) is 59.3 Å². The minimum Gasteiger partial charge on any atom is -0.337 e. The van der Waals surface area contributed by atoms with Gasteiger partial charge in [0.15, 0.2) is 5.82 Å². The standard InChI is InChI=1S/C23H16N6/c1-2-6-20-15(4-1)10-13-29(20)23-18-8-7-17(14-16(18)9-12-25-23)26-22-21-19(27-28-22)5-3-11-24-21/h1-14H,(H2,26,27,28). The molecule has 2 N–H and O–H groups in total. The van der Waals surface area contributed by atoms with Crippen molar-refractivity contribution in [2.75, 3.05) is 5.32 Å². The van der Waals surface area contributed by atoms with Gasteiger partial charge in [-0.25, -0.2) is 4.98 Å². The van der Waals surface area contributed by atoms with Crippen LogP contribution in [0.5, 0.6) is 0 Å². The third-order valence-electron chi connectivity index (χ3n) is 5.15. The van der Waals surface area contributed by atoms with E-state index in [1.165, 1.54) is 5.39 Å². The van der Waals surface area contributed by atoms with Gasteiger partial charge in [-0.15, -0.1) is 0 Å². The number of fused-ring (bicyclic) bond motifs is 3. The molecule has 6 aromatic rings. The molecule has 0 aliphatic heterocycles. The molecule has 0 atom stereocenters. The van der Waals surface area contributed by atoms with Gasteiger partial charge in [-0.3, -0.25) is 10.1 Å². The first-order chi connectivity index (χ1) is 14.4. The van der Waals surface area contributed by atoms with Gasteiger partial charge in [-0.1, -0.05) is 18.2 Å². The number of anilines is 2. The Bertz CT molecular complexity index is 1490. The van der Waals surface area contributed by atoms with E-state index in [9.17, 15) is 0 Å². The average molecular weight is 376 g/mol. The van der Waals surface area contributed by atoms with Gasteiger partial charge in [0.25, 0.3) is 0 Å². The number of nitrogens with zero attached hydrogens (tertiary/aromatic N) is 4. The highest BCUT2D eigenvalue weighted by Crippen LogP contribution is 2.29. The van der Waals surface area contributed by atoms with Gasteiger partial charge in [0.1, 0.15) is 11.3 Å². The summed E-state index contributed by atoms with van der Waals surface area (Å²) in [6, 6.07) is 22.6. The molecule has 0 aliphatic carbocycles. The summed E-state index contributed by atoms with van der Waals surface area (Å²) in [6.07, 6.45) is 5.69. The summed E-state index contributed by atoms with van der Waals surface area (Å²) in [4.78, 5) is 9.07. The van der Waals surface area contributed by atoms with E-state index in [1.54, 1.807) is 6.20 Å². The zero-order valence-electron chi connectivity index (χ0n) is 15.4. The summed E-state index contributed by atoms with van der Waals surface area (Å²) in [7, 11) is 0. The molecule has 0 amide bonds. The van der Waals surface area contributed by atoms with E-state index < -0.39 is 0 Å². The van der Waals surface area contributed by atoms with Crippen molar-refractivity contribution in [1.82, 2.24) is 24.7 Å². The molecule has 0 aliphatic rings. The van der Waals surface area contributed by atoms with Gasteiger partial charge in [0, 0.05) is 29.7 Å². The van der Waals surface area contributed by atoms with Gasteiger partial charge < -0.3 is 9.88 Å². The van der Waals surface area contributed by atoms with Crippen LogP contribution in [0.1, 0.15) is 0 Å². The molecular weight excluding hydrogens is 360 g/mol. The Hall–Kier alpha value is -4.19. The molecule has 4 aromatic heterocycles. The van der Waals surface area contributed by atoms with Gasteiger partial charge in [0.05, 0.1) is 11.0 Å². The molecule has 4 heterocycles. The molecule has 6 nitrogen and oxygen atoms in total. The summed E-state index contributed by atoms with van der Waals surface area (Å²) >= 11 is 0. The SMILES string of the molecule is c1ccc2c(c1)ccn2-c1nccc2cc(Nc3n[nH]c4cccnc34)ccc12. The Morgan fingerprint density at radius 2 is 1.79 bits per heavy atom. The summed E-state index contributed by atoms with van der Waals surface area (Å²) in [5.41, 5.74) is 3.82. The fourth-order valence-corrected chi connectivity index (χ4v) is 3.78. The molecule has 0 spiro atoms. The second-order valence-electron chi connectivity index (χ2n) is 6.91. The largest absolute Gasteiger partial charge is 0.337 e. The van der Waals surface area contributed by atoms with Crippen molar-refractivity contribution < 1.29 is 0 Å². The molecule has 6 heteroatoms. The zero-order chi connectivity index (χ0) is 19.2. The number of aromatic nitrogens is 5. The van der Waals surface area contributed by atoms with Crippen LogP contribution < -0.4 is 5.32 Å². The maximum atomic E-state index is 4.66. The molecule has 2 aromatic carbocycles. The van der Waals surface area contributed by atoms with Crippen LogP contribution in [-0.4, -0.2) is 24.7 Å². The fraction of sp³-hybridized carbons (Fsp3) is 0. The lowest BCUT2D eigenvalue weighted by Gasteiger charge is -2.10. The number of nitrogens with one attached hydrogen (secondary N) is 2. The molecule has 0 unspecified atom stereocenters. The van der Waals surface area contributed by atoms with Crippen LogP contribution in [0, 0.1) is 0 Å². The van der Waals surface area contributed by atoms with Crippen molar-refractivity contribution in [3.8, 4) is 5.82 Å². The Labute approximate surface area is 165 Å². The highest BCUT2D eigenvalue weighted by molar-refractivity contribution is 5.94. The number of H-pyrrole nitrogens is 1. The lowest BCUT2D eigenvalue weighted by Crippen LogP contribution is -1.97. The molecular formula is C23H16N6. The first-order valence-electron chi connectivity index (χ1n) is 9.38. The normalized spacial score (nSPS) is 11.4. The molecule has 0 radical (unpaired) electrons. The topological polar surface area (TPSA) is 71.4 Å². The highest BCUT2D eigenvalue weighted by atomic mass is 15.2. The third kappa shape index (κ3) is 2.54. The van der Waals surface area contributed by atoms with E-state index in [0.717, 1.165) is 38.8 Å². The van der Waals surface area contributed by atoms with Gasteiger partial charge in [0.2, 0.25) is 0 Å². The summed E-state index contributed by atoms with van der Waals surface area (Å²) in [5, 5.41) is 14.1. The molecule has 0 saturated carbocycles. The molecule has 0 saturated heterocycles. The van der Waals surface area contributed by atoms with Crippen molar-refractivity contribution in [2.24, 2.45) is 0 Å². The van der Waals surface area contributed by atoms with E-state index in [0.29, 0.717) is 5.82 Å². The Kier molecular flexibility index (Phi) is 3.37. The quantitative estimate of drug-likeness (QED) is 0.446. The number of hydrogen-bond acceptors (Lipinski definition) is 4. The van der Waals surface area contributed by atoms with Crippen LogP contribution >= 0.6 is 0 Å². The van der Waals surface area contributed by atoms with Crippen molar-refractivity contribution in [1.29, 1.82) is 0 Å². The van der Waals surface area contributed by atoms with Gasteiger partial charge >= 0.3 is 0 Å². The minimum absolute atomic E-state index is 0.714. The first-order valence-corrected chi connectivity index (χ1v) is 9.38. The van der Waals surface area contributed by atoms with Gasteiger partial charge in [-0.2, -0.15) is 5.10 Å². The van der Waals surface area contributed by atoms with Crippen LogP contribution in [-0.2, 0) is 0 Å². The predicted octanol–water partition coefficient (Wildman–Crippen LogP) is 5.19. The van der Waals surface area contributed by atoms with E-state index >= 15 is 0 Å². The molecule has 0 bridgehead atoms. The van der Waals surface area contributed by atoms with Crippen LogP contribution in [0.25, 0.3) is 38.5 Å². The number of aromatic amines is 1. The molecule has 138 valence electrons. The average Bonchev–Trinajstić information content (AvgIpc) is 3.38. The fourth-order valence-electron chi connectivity index (χ4n) is 3.78. The van der Waals surface area contributed by atoms with Crippen molar-refractivity contribution in [3.05, 3.63) is 85.3 Å². The van der Waals surface area contributed by atoms with Crippen LogP contribution in [0.4, 0.5) is 11.5 Å². The van der Waals surface area contributed by atoms with Crippen LogP contribution in [0.15, 0.2) is 85.3 Å². The zero-order valence-corrected chi connectivity index (χ0v) is 15.4. The summed E-state index contributed by atoms with van der Waals surface area (Å²) in [5.74, 6) is 1.63. The van der Waals surface area contributed by atoms with E-state index in [2.05, 4.69) is 72.6 Å².